The molecule has 0 unspecified atom stereocenters. The van der Waals surface area contributed by atoms with E-state index in [1.54, 1.807) is 72.8 Å². The molecular formula is C26H24N4O5S. The van der Waals surface area contributed by atoms with Crippen LogP contribution in [0.1, 0.15) is 26.3 Å². The Morgan fingerprint density at radius 2 is 1.44 bits per heavy atom. The molecular weight excluding hydrogens is 480 g/mol. The highest BCUT2D eigenvalue weighted by molar-refractivity contribution is 7.80. The van der Waals surface area contributed by atoms with Gasteiger partial charge in [0.15, 0.2) is 16.6 Å². The number of amides is 3. The third-order valence-electron chi connectivity index (χ3n) is 4.80. The van der Waals surface area contributed by atoms with Crippen LogP contribution in [0.25, 0.3) is 6.08 Å². The van der Waals surface area contributed by atoms with E-state index in [0.29, 0.717) is 28.3 Å². The quantitative estimate of drug-likeness (QED) is 0.222. The summed E-state index contributed by atoms with van der Waals surface area (Å²) >= 11 is 5.04. The summed E-state index contributed by atoms with van der Waals surface area (Å²) in [7, 11) is 3.06. The molecule has 0 saturated heterocycles. The number of carbonyl (C=O) groups excluding carboxylic acids is 3. The van der Waals surface area contributed by atoms with E-state index in [9.17, 15) is 14.4 Å². The van der Waals surface area contributed by atoms with Gasteiger partial charge >= 0.3 is 0 Å². The Bertz CT molecular complexity index is 1280. The van der Waals surface area contributed by atoms with Gasteiger partial charge in [0, 0.05) is 22.9 Å². The first-order valence-corrected chi connectivity index (χ1v) is 11.1. The van der Waals surface area contributed by atoms with E-state index >= 15 is 0 Å². The predicted octanol–water partition coefficient (Wildman–Crippen LogP) is 3.31. The van der Waals surface area contributed by atoms with E-state index in [1.165, 1.54) is 20.3 Å². The van der Waals surface area contributed by atoms with Gasteiger partial charge in [0.2, 0.25) is 5.91 Å². The fourth-order valence-electron chi connectivity index (χ4n) is 3.00. The number of anilines is 1. The second-order valence-corrected chi connectivity index (χ2v) is 7.65. The van der Waals surface area contributed by atoms with Crippen molar-refractivity contribution in [2.24, 2.45) is 0 Å². The molecule has 0 aliphatic heterocycles. The number of hydrazine groups is 1. The van der Waals surface area contributed by atoms with Crippen molar-refractivity contribution in [3.63, 3.8) is 0 Å². The standard InChI is InChI=1S/C26H24N4O5S/c1-34-21-14-8-17(16-22(21)35-2)9-15-23(31)28-26(36)30-29-25(33)19-10-12-20(13-11-19)27-24(32)18-6-4-3-5-7-18/h3-16H,1-2H3,(H,27,32)(H,29,33)(H2,28,30,31,36). The molecule has 36 heavy (non-hydrogen) atoms. The third kappa shape index (κ3) is 7.40. The zero-order valence-corrected chi connectivity index (χ0v) is 20.3. The fourth-order valence-corrected chi connectivity index (χ4v) is 3.15. The molecule has 0 heterocycles. The van der Waals surface area contributed by atoms with Crippen molar-refractivity contribution in [3.05, 3.63) is 95.6 Å². The smallest absolute Gasteiger partial charge is 0.269 e. The number of hydrogen-bond donors (Lipinski definition) is 4. The molecule has 0 atom stereocenters. The minimum absolute atomic E-state index is 0.0861. The summed E-state index contributed by atoms with van der Waals surface area (Å²) in [6, 6.07) is 20.3. The third-order valence-corrected chi connectivity index (χ3v) is 5.01. The van der Waals surface area contributed by atoms with Gasteiger partial charge in [0.1, 0.15) is 0 Å². The Kier molecular flexibility index (Phi) is 9.12. The van der Waals surface area contributed by atoms with Crippen LogP contribution < -0.4 is 31.0 Å². The van der Waals surface area contributed by atoms with Crippen LogP contribution in [0, 0.1) is 0 Å². The van der Waals surface area contributed by atoms with Gasteiger partial charge in [0.05, 0.1) is 14.2 Å². The summed E-state index contributed by atoms with van der Waals surface area (Å²) in [5.74, 6) is -0.113. The molecule has 3 aromatic rings. The fraction of sp³-hybridized carbons (Fsp3) is 0.0769. The lowest BCUT2D eigenvalue weighted by atomic mass is 10.1. The molecule has 184 valence electrons. The van der Waals surface area contributed by atoms with Gasteiger partial charge in [-0.25, -0.2) is 0 Å². The summed E-state index contributed by atoms with van der Waals surface area (Å²) in [5.41, 5.74) is 6.98. The molecule has 0 aliphatic carbocycles. The van der Waals surface area contributed by atoms with Crippen LogP contribution >= 0.6 is 12.2 Å². The largest absolute Gasteiger partial charge is 0.493 e. The molecule has 3 amide bonds. The van der Waals surface area contributed by atoms with Crippen LogP contribution in [0.2, 0.25) is 0 Å². The number of benzene rings is 3. The molecule has 9 nitrogen and oxygen atoms in total. The molecule has 0 radical (unpaired) electrons. The van der Waals surface area contributed by atoms with Crippen LogP contribution in [0.5, 0.6) is 11.5 Å². The van der Waals surface area contributed by atoms with E-state index in [0.717, 1.165) is 5.56 Å². The van der Waals surface area contributed by atoms with Crippen molar-refractivity contribution in [2.45, 2.75) is 0 Å². The minimum atomic E-state index is -0.491. The summed E-state index contributed by atoms with van der Waals surface area (Å²) in [6.45, 7) is 0. The number of thiocarbonyl (C=S) groups is 1. The maximum Gasteiger partial charge on any atom is 0.269 e. The summed E-state index contributed by atoms with van der Waals surface area (Å²) < 4.78 is 10.4. The summed E-state index contributed by atoms with van der Waals surface area (Å²) in [6.07, 6.45) is 2.87. The van der Waals surface area contributed by atoms with Crippen molar-refractivity contribution in [2.75, 3.05) is 19.5 Å². The lowest BCUT2D eigenvalue weighted by molar-refractivity contribution is -0.115. The van der Waals surface area contributed by atoms with Gasteiger partial charge in [-0.15, -0.1) is 0 Å². The van der Waals surface area contributed by atoms with Crippen LogP contribution in [-0.4, -0.2) is 37.1 Å². The van der Waals surface area contributed by atoms with Crippen molar-refractivity contribution in [1.82, 2.24) is 16.2 Å². The second kappa shape index (κ2) is 12.7. The zero-order valence-electron chi connectivity index (χ0n) is 19.5. The van der Waals surface area contributed by atoms with Crippen LogP contribution in [-0.2, 0) is 4.79 Å². The molecule has 0 aromatic heterocycles. The number of carbonyl (C=O) groups is 3. The lowest BCUT2D eigenvalue weighted by Gasteiger charge is -2.10. The highest BCUT2D eigenvalue weighted by atomic mass is 32.1. The second-order valence-electron chi connectivity index (χ2n) is 7.24. The van der Waals surface area contributed by atoms with Crippen LogP contribution in [0.3, 0.4) is 0 Å². The highest BCUT2D eigenvalue weighted by Crippen LogP contribution is 2.27. The molecule has 0 spiro atoms. The summed E-state index contributed by atoms with van der Waals surface area (Å²) in [4.78, 5) is 36.7. The average Bonchev–Trinajstić information content (AvgIpc) is 2.91. The maximum atomic E-state index is 12.3. The first-order chi connectivity index (χ1) is 17.4. The van der Waals surface area contributed by atoms with Crippen molar-refractivity contribution < 1.29 is 23.9 Å². The number of methoxy groups -OCH3 is 2. The van der Waals surface area contributed by atoms with E-state index in [1.807, 2.05) is 6.07 Å². The molecule has 0 saturated carbocycles. The molecule has 3 rings (SSSR count). The van der Waals surface area contributed by atoms with Gasteiger partial charge in [0.25, 0.3) is 11.8 Å². The van der Waals surface area contributed by atoms with Gasteiger partial charge < -0.3 is 14.8 Å². The molecule has 0 fully saturated rings. The van der Waals surface area contributed by atoms with Crippen LogP contribution in [0.4, 0.5) is 5.69 Å². The normalized spacial score (nSPS) is 10.3. The molecule has 10 heteroatoms. The first-order valence-electron chi connectivity index (χ1n) is 10.7. The van der Waals surface area contributed by atoms with Crippen molar-refractivity contribution >= 4 is 46.8 Å². The number of rotatable bonds is 7. The van der Waals surface area contributed by atoms with Gasteiger partial charge in [-0.1, -0.05) is 24.3 Å². The lowest BCUT2D eigenvalue weighted by Crippen LogP contribution is -2.48. The predicted molar refractivity (Wildman–Crippen MR) is 141 cm³/mol. The van der Waals surface area contributed by atoms with Gasteiger partial charge in [-0.2, -0.15) is 0 Å². The monoisotopic (exact) mass is 504 g/mol. The number of hydrogen-bond acceptors (Lipinski definition) is 6. The average molecular weight is 505 g/mol. The summed E-state index contributed by atoms with van der Waals surface area (Å²) in [5, 5.41) is 5.10. The first kappa shape index (κ1) is 25.9. The molecule has 0 bridgehead atoms. The van der Waals surface area contributed by atoms with Gasteiger partial charge in [-0.05, 0) is 72.4 Å². The minimum Gasteiger partial charge on any atom is -0.493 e. The Morgan fingerprint density at radius 1 is 0.778 bits per heavy atom. The Balaban J connectivity index is 1.46. The van der Waals surface area contributed by atoms with E-state index in [4.69, 9.17) is 21.7 Å². The SMILES string of the molecule is COc1ccc(C=CC(=O)NC(=S)NNC(=O)c2ccc(NC(=O)c3ccccc3)cc2)cc1OC. The molecule has 4 N–H and O–H groups in total. The highest BCUT2D eigenvalue weighted by Gasteiger charge is 2.09. The maximum absolute atomic E-state index is 12.3. The number of nitrogens with one attached hydrogen (secondary N) is 4. The Hall–Kier alpha value is -4.70. The Labute approximate surface area is 213 Å². The topological polar surface area (TPSA) is 118 Å². The van der Waals surface area contributed by atoms with E-state index in [-0.39, 0.29) is 11.0 Å². The van der Waals surface area contributed by atoms with Crippen molar-refractivity contribution in [3.8, 4) is 11.5 Å². The van der Waals surface area contributed by atoms with E-state index < -0.39 is 11.8 Å². The van der Waals surface area contributed by atoms with E-state index in [2.05, 4.69) is 21.5 Å². The number of ether oxygens (including phenoxy) is 2. The molecule has 0 aliphatic rings. The van der Waals surface area contributed by atoms with Crippen LogP contribution in [0.15, 0.2) is 78.9 Å². The molecule has 3 aromatic carbocycles. The Morgan fingerprint density at radius 3 is 2.11 bits per heavy atom. The van der Waals surface area contributed by atoms with Crippen molar-refractivity contribution in [1.29, 1.82) is 0 Å². The van der Waals surface area contributed by atoms with Gasteiger partial charge in [-0.3, -0.25) is 30.6 Å². The zero-order chi connectivity index (χ0) is 25.9.